The summed E-state index contributed by atoms with van der Waals surface area (Å²) in [5, 5.41) is 2.59. The SMILES string of the molecule is Cc1cc(NC(=O)c2ccnc(F)c2)ncc1Br. The van der Waals surface area contributed by atoms with E-state index >= 15 is 0 Å². The molecule has 18 heavy (non-hydrogen) atoms. The molecule has 0 saturated carbocycles. The van der Waals surface area contributed by atoms with Crippen LogP contribution in [0.4, 0.5) is 10.2 Å². The average Bonchev–Trinajstić information content (AvgIpc) is 2.34. The van der Waals surface area contributed by atoms with Gasteiger partial charge < -0.3 is 5.32 Å². The summed E-state index contributed by atoms with van der Waals surface area (Å²) < 4.78 is 13.7. The highest BCUT2D eigenvalue weighted by Crippen LogP contribution is 2.17. The molecule has 0 aliphatic carbocycles. The van der Waals surface area contributed by atoms with Crippen LogP contribution in [0.1, 0.15) is 15.9 Å². The van der Waals surface area contributed by atoms with E-state index in [1.807, 2.05) is 6.92 Å². The lowest BCUT2D eigenvalue weighted by molar-refractivity contribution is 0.102. The van der Waals surface area contributed by atoms with Gasteiger partial charge in [-0.1, -0.05) is 0 Å². The van der Waals surface area contributed by atoms with E-state index in [1.54, 1.807) is 12.3 Å². The molecule has 0 radical (unpaired) electrons. The maximum absolute atomic E-state index is 12.9. The Balaban J connectivity index is 2.18. The summed E-state index contributed by atoms with van der Waals surface area (Å²) in [6, 6.07) is 4.23. The van der Waals surface area contributed by atoms with Crippen LogP contribution < -0.4 is 5.32 Å². The van der Waals surface area contributed by atoms with E-state index in [-0.39, 0.29) is 5.56 Å². The van der Waals surface area contributed by atoms with Gasteiger partial charge >= 0.3 is 0 Å². The molecule has 0 spiro atoms. The molecule has 0 fully saturated rings. The van der Waals surface area contributed by atoms with Crippen LogP contribution in [0, 0.1) is 12.9 Å². The molecule has 4 nitrogen and oxygen atoms in total. The van der Waals surface area contributed by atoms with Crippen molar-refractivity contribution in [1.29, 1.82) is 0 Å². The Labute approximate surface area is 111 Å². The molecule has 2 aromatic rings. The summed E-state index contributed by atoms with van der Waals surface area (Å²) in [6.07, 6.45) is 2.84. The second kappa shape index (κ2) is 5.22. The van der Waals surface area contributed by atoms with Gasteiger partial charge in [-0.05, 0) is 40.5 Å². The Kier molecular flexibility index (Phi) is 3.66. The molecule has 0 bridgehead atoms. The summed E-state index contributed by atoms with van der Waals surface area (Å²) in [5.41, 5.74) is 1.14. The van der Waals surface area contributed by atoms with Crippen molar-refractivity contribution in [2.75, 3.05) is 5.32 Å². The normalized spacial score (nSPS) is 10.2. The van der Waals surface area contributed by atoms with Gasteiger partial charge in [0.25, 0.3) is 5.91 Å². The van der Waals surface area contributed by atoms with E-state index in [1.165, 1.54) is 12.3 Å². The topological polar surface area (TPSA) is 54.9 Å². The number of rotatable bonds is 2. The number of aryl methyl sites for hydroxylation is 1. The number of carbonyl (C=O) groups excluding carboxylic acids is 1. The lowest BCUT2D eigenvalue weighted by Gasteiger charge is -2.06. The fourth-order valence-electron chi connectivity index (χ4n) is 1.34. The first-order valence-electron chi connectivity index (χ1n) is 5.11. The van der Waals surface area contributed by atoms with Crippen LogP contribution in [0.15, 0.2) is 35.1 Å². The van der Waals surface area contributed by atoms with E-state index in [4.69, 9.17) is 0 Å². The minimum atomic E-state index is -0.692. The lowest BCUT2D eigenvalue weighted by atomic mass is 10.2. The van der Waals surface area contributed by atoms with Crippen molar-refractivity contribution in [2.24, 2.45) is 0 Å². The van der Waals surface area contributed by atoms with Crippen LogP contribution in [-0.4, -0.2) is 15.9 Å². The third kappa shape index (κ3) is 2.89. The quantitative estimate of drug-likeness (QED) is 0.868. The van der Waals surface area contributed by atoms with Gasteiger partial charge in [-0.3, -0.25) is 4.79 Å². The van der Waals surface area contributed by atoms with Crippen LogP contribution in [0.3, 0.4) is 0 Å². The number of carbonyl (C=O) groups is 1. The highest BCUT2D eigenvalue weighted by atomic mass is 79.9. The number of hydrogen-bond donors (Lipinski definition) is 1. The Bertz CT molecular complexity index is 604. The molecule has 1 amide bonds. The third-order valence-corrected chi connectivity index (χ3v) is 3.11. The molecule has 0 unspecified atom stereocenters. The number of anilines is 1. The smallest absolute Gasteiger partial charge is 0.257 e. The first-order chi connectivity index (χ1) is 8.56. The second-order valence-corrected chi connectivity index (χ2v) is 4.49. The molecule has 0 aliphatic heterocycles. The van der Waals surface area contributed by atoms with E-state index in [0.29, 0.717) is 5.82 Å². The summed E-state index contributed by atoms with van der Waals surface area (Å²) in [7, 11) is 0. The summed E-state index contributed by atoms with van der Waals surface area (Å²) in [4.78, 5) is 19.2. The van der Waals surface area contributed by atoms with E-state index in [0.717, 1.165) is 16.1 Å². The van der Waals surface area contributed by atoms with Gasteiger partial charge in [-0.25, -0.2) is 9.97 Å². The molecule has 2 heterocycles. The molecule has 0 atom stereocenters. The van der Waals surface area contributed by atoms with Crippen molar-refractivity contribution in [2.45, 2.75) is 6.92 Å². The third-order valence-electron chi connectivity index (χ3n) is 2.28. The minimum absolute atomic E-state index is 0.199. The Morgan fingerprint density at radius 3 is 2.83 bits per heavy atom. The number of aromatic nitrogens is 2. The number of hydrogen-bond acceptors (Lipinski definition) is 3. The van der Waals surface area contributed by atoms with Crippen LogP contribution in [0.2, 0.25) is 0 Å². The van der Waals surface area contributed by atoms with E-state index in [2.05, 4.69) is 31.2 Å². The largest absolute Gasteiger partial charge is 0.307 e. The number of nitrogens with zero attached hydrogens (tertiary/aromatic N) is 2. The fraction of sp³-hybridized carbons (Fsp3) is 0.0833. The van der Waals surface area contributed by atoms with Crippen molar-refractivity contribution in [3.05, 3.63) is 52.1 Å². The zero-order valence-corrected chi connectivity index (χ0v) is 11.0. The van der Waals surface area contributed by atoms with Crippen LogP contribution in [0.25, 0.3) is 0 Å². The number of pyridine rings is 2. The van der Waals surface area contributed by atoms with Crippen LogP contribution in [-0.2, 0) is 0 Å². The number of amides is 1. The average molecular weight is 310 g/mol. The van der Waals surface area contributed by atoms with Gasteiger partial charge in [-0.15, -0.1) is 0 Å². The zero-order valence-electron chi connectivity index (χ0n) is 9.45. The zero-order chi connectivity index (χ0) is 13.1. The van der Waals surface area contributed by atoms with Crippen molar-refractivity contribution in [3.8, 4) is 0 Å². The summed E-state index contributed by atoms with van der Waals surface area (Å²) >= 11 is 3.32. The Hall–Kier alpha value is -1.82. The summed E-state index contributed by atoms with van der Waals surface area (Å²) in [6.45, 7) is 1.88. The molecule has 1 N–H and O–H groups in total. The van der Waals surface area contributed by atoms with Crippen LogP contribution >= 0.6 is 15.9 Å². The van der Waals surface area contributed by atoms with Gasteiger partial charge in [0.1, 0.15) is 5.82 Å². The first kappa shape index (κ1) is 12.6. The van der Waals surface area contributed by atoms with Crippen LogP contribution in [0.5, 0.6) is 0 Å². The fourth-order valence-corrected chi connectivity index (χ4v) is 1.56. The molecular formula is C12H9BrFN3O. The standard InChI is InChI=1S/C12H9BrFN3O/c1-7-4-11(16-6-9(7)13)17-12(18)8-2-3-15-10(14)5-8/h2-6H,1H3,(H,16,17,18). The molecule has 0 aromatic carbocycles. The summed E-state index contributed by atoms with van der Waals surface area (Å²) in [5.74, 6) is -0.703. The Morgan fingerprint density at radius 1 is 1.39 bits per heavy atom. The van der Waals surface area contributed by atoms with E-state index < -0.39 is 11.9 Å². The molecule has 6 heteroatoms. The maximum Gasteiger partial charge on any atom is 0.257 e. The van der Waals surface area contributed by atoms with Crippen molar-refractivity contribution in [3.63, 3.8) is 0 Å². The molecule has 92 valence electrons. The predicted molar refractivity (Wildman–Crippen MR) is 68.8 cm³/mol. The van der Waals surface area contributed by atoms with Gasteiger partial charge in [0.2, 0.25) is 5.95 Å². The highest BCUT2D eigenvalue weighted by molar-refractivity contribution is 9.10. The van der Waals surface area contributed by atoms with Crippen molar-refractivity contribution < 1.29 is 9.18 Å². The van der Waals surface area contributed by atoms with Crippen molar-refractivity contribution >= 4 is 27.7 Å². The molecule has 0 saturated heterocycles. The van der Waals surface area contributed by atoms with Gasteiger partial charge in [0, 0.05) is 28.5 Å². The highest BCUT2D eigenvalue weighted by Gasteiger charge is 2.08. The minimum Gasteiger partial charge on any atom is -0.307 e. The van der Waals surface area contributed by atoms with Gasteiger partial charge in [0.05, 0.1) is 0 Å². The number of nitrogens with one attached hydrogen (secondary N) is 1. The molecule has 0 aliphatic rings. The van der Waals surface area contributed by atoms with E-state index in [9.17, 15) is 9.18 Å². The monoisotopic (exact) mass is 309 g/mol. The molecule has 2 aromatic heterocycles. The number of halogens is 2. The maximum atomic E-state index is 12.9. The van der Waals surface area contributed by atoms with Gasteiger partial charge in [-0.2, -0.15) is 4.39 Å². The molecular weight excluding hydrogens is 301 g/mol. The first-order valence-corrected chi connectivity index (χ1v) is 5.90. The van der Waals surface area contributed by atoms with Gasteiger partial charge in [0.15, 0.2) is 0 Å². The predicted octanol–water partition coefficient (Wildman–Crippen LogP) is 2.94. The van der Waals surface area contributed by atoms with Crippen molar-refractivity contribution in [1.82, 2.24) is 9.97 Å². The second-order valence-electron chi connectivity index (χ2n) is 3.64. The Morgan fingerprint density at radius 2 is 2.17 bits per heavy atom. The lowest BCUT2D eigenvalue weighted by Crippen LogP contribution is -2.13. The molecule has 2 rings (SSSR count).